The van der Waals surface area contributed by atoms with Crippen molar-refractivity contribution < 1.29 is 19.2 Å². The van der Waals surface area contributed by atoms with Gasteiger partial charge in [0, 0.05) is 36.5 Å². The predicted molar refractivity (Wildman–Crippen MR) is 59.6 cm³/mol. The third-order valence-corrected chi connectivity index (χ3v) is 6.00. The fourth-order valence-electron chi connectivity index (χ4n) is 5.49. The molecule has 4 heteroatoms. The Bertz CT molecular complexity index is 486. The number of ketones is 4. The molecule has 4 saturated carbocycles. The van der Waals surface area contributed by atoms with Crippen molar-refractivity contribution >= 4 is 23.1 Å². The molecule has 4 aliphatic rings. The van der Waals surface area contributed by atoms with E-state index < -0.39 is 22.7 Å². The summed E-state index contributed by atoms with van der Waals surface area (Å²) in [6, 6.07) is 0. The molecule has 4 unspecified atom stereocenters. The minimum absolute atomic E-state index is 0.00433. The Labute approximate surface area is 104 Å². The summed E-state index contributed by atoms with van der Waals surface area (Å²) < 4.78 is 0. The highest BCUT2D eigenvalue weighted by atomic mass is 16.2. The van der Waals surface area contributed by atoms with Crippen molar-refractivity contribution in [3.8, 4) is 0 Å². The molecule has 18 heavy (non-hydrogen) atoms. The van der Waals surface area contributed by atoms with Crippen molar-refractivity contribution in [1.29, 1.82) is 0 Å². The molecule has 4 atom stereocenters. The van der Waals surface area contributed by atoms with E-state index >= 15 is 0 Å². The van der Waals surface area contributed by atoms with Crippen LogP contribution in [0.3, 0.4) is 0 Å². The molecule has 0 saturated heterocycles. The second-order valence-electron chi connectivity index (χ2n) is 6.40. The van der Waals surface area contributed by atoms with Crippen LogP contribution in [0.4, 0.5) is 0 Å². The lowest BCUT2D eigenvalue weighted by atomic mass is 9.63. The number of Topliss-reactive ketones (excluding diaryl/α,β-unsaturated/α-hetero) is 4. The average Bonchev–Trinajstić information content (AvgIpc) is 2.91. The Morgan fingerprint density at radius 2 is 1.06 bits per heavy atom. The number of rotatable bonds is 0. The summed E-state index contributed by atoms with van der Waals surface area (Å²) in [5, 5.41) is 0. The van der Waals surface area contributed by atoms with Gasteiger partial charge in [0.15, 0.2) is 0 Å². The Hall–Kier alpha value is -1.32. The number of carbonyl (C=O) groups excluding carboxylic acids is 4. The van der Waals surface area contributed by atoms with Gasteiger partial charge in [-0.1, -0.05) is 0 Å². The van der Waals surface area contributed by atoms with E-state index in [9.17, 15) is 19.2 Å². The third-order valence-electron chi connectivity index (χ3n) is 6.00. The quantitative estimate of drug-likeness (QED) is 0.594. The van der Waals surface area contributed by atoms with E-state index in [2.05, 4.69) is 0 Å². The highest BCUT2D eigenvalue weighted by molar-refractivity contribution is 6.14. The number of hydrogen-bond acceptors (Lipinski definition) is 4. The molecule has 4 rings (SSSR count). The van der Waals surface area contributed by atoms with Gasteiger partial charge in [0.05, 0.1) is 11.8 Å². The molecule has 4 fully saturated rings. The molecule has 0 bridgehead atoms. The summed E-state index contributed by atoms with van der Waals surface area (Å²) in [6.45, 7) is 0. The summed E-state index contributed by atoms with van der Waals surface area (Å²) in [5.41, 5.74) is -0.954. The Balaban J connectivity index is 1.96. The molecule has 2 spiro atoms. The Morgan fingerprint density at radius 3 is 1.44 bits per heavy atom. The topological polar surface area (TPSA) is 68.3 Å². The van der Waals surface area contributed by atoms with Gasteiger partial charge in [-0.25, -0.2) is 0 Å². The van der Waals surface area contributed by atoms with E-state index in [1.165, 1.54) is 0 Å². The minimum atomic E-state index is -0.572. The zero-order valence-electron chi connectivity index (χ0n) is 10.0. The summed E-state index contributed by atoms with van der Waals surface area (Å²) >= 11 is 0. The average molecular weight is 246 g/mol. The lowest BCUT2D eigenvalue weighted by molar-refractivity contribution is -0.131. The highest BCUT2D eigenvalue weighted by Gasteiger charge is 2.77. The molecule has 4 aliphatic carbocycles. The molecule has 4 nitrogen and oxygen atoms in total. The van der Waals surface area contributed by atoms with Crippen LogP contribution in [0.25, 0.3) is 0 Å². The fourth-order valence-corrected chi connectivity index (χ4v) is 5.49. The van der Waals surface area contributed by atoms with Gasteiger partial charge in [0.2, 0.25) is 0 Å². The third kappa shape index (κ3) is 0.826. The molecule has 0 radical (unpaired) electrons. The first kappa shape index (κ1) is 10.6. The van der Waals surface area contributed by atoms with Gasteiger partial charge < -0.3 is 0 Å². The predicted octanol–water partition coefficient (Wildman–Crippen LogP) is 0.863. The Morgan fingerprint density at radius 1 is 0.667 bits per heavy atom. The van der Waals surface area contributed by atoms with Gasteiger partial charge >= 0.3 is 0 Å². The largest absolute Gasteiger partial charge is 0.299 e. The number of carbonyl (C=O) groups is 4. The molecule has 0 heterocycles. The first-order chi connectivity index (χ1) is 8.52. The summed E-state index contributed by atoms with van der Waals surface area (Å²) in [4.78, 5) is 48.3. The van der Waals surface area contributed by atoms with Crippen molar-refractivity contribution in [2.45, 2.75) is 38.5 Å². The van der Waals surface area contributed by atoms with Gasteiger partial charge in [0.1, 0.15) is 23.1 Å². The lowest BCUT2D eigenvalue weighted by Crippen LogP contribution is -2.37. The second kappa shape index (κ2) is 2.81. The van der Waals surface area contributed by atoms with Crippen LogP contribution < -0.4 is 0 Å². The molecule has 0 aliphatic heterocycles. The van der Waals surface area contributed by atoms with Crippen LogP contribution in [-0.2, 0) is 19.2 Å². The molecule has 0 N–H and O–H groups in total. The Kier molecular flexibility index (Phi) is 1.65. The van der Waals surface area contributed by atoms with E-state index in [0.29, 0.717) is 25.7 Å². The normalized spacial score (nSPS) is 49.8. The molecular formula is C14H14O4. The fraction of sp³-hybridized carbons (Fsp3) is 0.714. The van der Waals surface area contributed by atoms with Gasteiger partial charge in [-0.3, -0.25) is 19.2 Å². The minimum Gasteiger partial charge on any atom is -0.299 e. The molecule has 94 valence electrons. The monoisotopic (exact) mass is 246 g/mol. The molecule has 0 amide bonds. The van der Waals surface area contributed by atoms with Crippen LogP contribution in [0.1, 0.15) is 38.5 Å². The van der Waals surface area contributed by atoms with Crippen LogP contribution in [0.15, 0.2) is 0 Å². The first-order valence-electron chi connectivity index (χ1n) is 6.63. The standard InChI is InChI=1S/C14H14O4/c15-7-1-3-13-5-10(18)12-8(16)2-4-14(12,13)6-9(17)11(7)13/h11-12H,1-6H2. The maximum atomic E-state index is 12.2. The van der Waals surface area contributed by atoms with E-state index in [4.69, 9.17) is 0 Å². The van der Waals surface area contributed by atoms with Crippen molar-refractivity contribution in [1.82, 2.24) is 0 Å². The van der Waals surface area contributed by atoms with Crippen LogP contribution in [0.2, 0.25) is 0 Å². The van der Waals surface area contributed by atoms with E-state index in [1.807, 2.05) is 0 Å². The summed E-state index contributed by atoms with van der Waals surface area (Å²) in [5.74, 6) is -1.15. The van der Waals surface area contributed by atoms with Crippen molar-refractivity contribution in [2.75, 3.05) is 0 Å². The zero-order valence-corrected chi connectivity index (χ0v) is 10.0. The summed E-state index contributed by atoms with van der Waals surface area (Å²) in [6.07, 6.45) is 2.66. The lowest BCUT2D eigenvalue weighted by Gasteiger charge is -2.37. The SMILES string of the molecule is O=C1CCC23CC(=O)C4C(=O)CCC42CC(=O)C13. The molecule has 0 aromatic rings. The maximum Gasteiger partial charge on any atom is 0.144 e. The molecule has 0 aromatic carbocycles. The van der Waals surface area contributed by atoms with Gasteiger partial charge in [-0.15, -0.1) is 0 Å². The molecule has 0 aromatic heterocycles. The van der Waals surface area contributed by atoms with Crippen molar-refractivity contribution in [3.63, 3.8) is 0 Å². The second-order valence-corrected chi connectivity index (χ2v) is 6.40. The summed E-state index contributed by atoms with van der Waals surface area (Å²) in [7, 11) is 0. The zero-order chi connectivity index (χ0) is 12.7. The van der Waals surface area contributed by atoms with Crippen LogP contribution in [-0.4, -0.2) is 23.1 Å². The van der Waals surface area contributed by atoms with Gasteiger partial charge in [-0.2, -0.15) is 0 Å². The van der Waals surface area contributed by atoms with Crippen LogP contribution in [0.5, 0.6) is 0 Å². The van der Waals surface area contributed by atoms with Gasteiger partial charge in [0.25, 0.3) is 0 Å². The van der Waals surface area contributed by atoms with E-state index in [0.717, 1.165) is 0 Å². The van der Waals surface area contributed by atoms with E-state index in [1.54, 1.807) is 0 Å². The molecular weight excluding hydrogens is 232 g/mol. The van der Waals surface area contributed by atoms with E-state index in [-0.39, 0.29) is 36.0 Å². The van der Waals surface area contributed by atoms with Gasteiger partial charge in [-0.05, 0) is 12.8 Å². The van der Waals surface area contributed by atoms with Crippen LogP contribution >= 0.6 is 0 Å². The first-order valence-corrected chi connectivity index (χ1v) is 6.63. The maximum absolute atomic E-state index is 12.2. The highest BCUT2D eigenvalue weighted by Crippen LogP contribution is 2.73. The van der Waals surface area contributed by atoms with Crippen molar-refractivity contribution in [3.05, 3.63) is 0 Å². The smallest absolute Gasteiger partial charge is 0.144 e. The number of hydrogen-bond donors (Lipinski definition) is 0. The van der Waals surface area contributed by atoms with Crippen LogP contribution in [0, 0.1) is 22.7 Å². The van der Waals surface area contributed by atoms with Crippen molar-refractivity contribution in [2.24, 2.45) is 22.7 Å².